The standard InChI is InChI=1S/C15H22N6O2/c1-3-21-13(22)10-23-12(9-16-8-11-4-5-18-19-11)14(21)15-17-6-7-20(15)2/h4-7,12,14,16H,3,8-10H2,1-2H3,(H,18,19)/t12-,14+/m0/s1. The topological polar surface area (TPSA) is 88.1 Å². The Bertz CT molecular complexity index is 638. The van der Waals surface area contributed by atoms with Gasteiger partial charge in [0.1, 0.15) is 18.5 Å². The van der Waals surface area contributed by atoms with Gasteiger partial charge < -0.3 is 19.5 Å². The molecule has 124 valence electrons. The van der Waals surface area contributed by atoms with Gasteiger partial charge in [0, 0.05) is 51.0 Å². The van der Waals surface area contributed by atoms with Gasteiger partial charge in [0.25, 0.3) is 0 Å². The van der Waals surface area contributed by atoms with Crippen LogP contribution in [0.4, 0.5) is 0 Å². The molecule has 23 heavy (non-hydrogen) atoms. The number of nitrogens with zero attached hydrogens (tertiary/aromatic N) is 4. The highest BCUT2D eigenvalue weighted by molar-refractivity contribution is 5.78. The summed E-state index contributed by atoms with van der Waals surface area (Å²) in [5, 5.41) is 10.2. The van der Waals surface area contributed by atoms with Crippen molar-refractivity contribution in [3.63, 3.8) is 0 Å². The zero-order chi connectivity index (χ0) is 16.2. The van der Waals surface area contributed by atoms with Gasteiger partial charge in [-0.15, -0.1) is 0 Å². The third kappa shape index (κ3) is 3.27. The van der Waals surface area contributed by atoms with Crippen LogP contribution in [-0.2, 0) is 23.1 Å². The minimum Gasteiger partial charge on any atom is -0.364 e. The molecule has 0 bridgehead atoms. The van der Waals surface area contributed by atoms with Crippen molar-refractivity contribution in [2.75, 3.05) is 19.7 Å². The minimum atomic E-state index is -0.185. The summed E-state index contributed by atoms with van der Waals surface area (Å²) in [5.41, 5.74) is 1.01. The third-order valence-corrected chi connectivity index (χ3v) is 4.11. The molecule has 1 aliphatic heterocycles. The highest BCUT2D eigenvalue weighted by Crippen LogP contribution is 2.28. The largest absolute Gasteiger partial charge is 0.364 e. The summed E-state index contributed by atoms with van der Waals surface area (Å²) < 4.78 is 7.74. The fourth-order valence-electron chi connectivity index (χ4n) is 2.95. The molecule has 2 aromatic rings. The van der Waals surface area contributed by atoms with E-state index in [4.69, 9.17) is 4.74 Å². The summed E-state index contributed by atoms with van der Waals surface area (Å²) in [7, 11) is 1.93. The van der Waals surface area contributed by atoms with E-state index in [9.17, 15) is 4.79 Å². The number of aromatic nitrogens is 4. The molecule has 1 aliphatic rings. The number of likely N-dealkylation sites (N-methyl/N-ethyl adjacent to an activating group) is 1. The molecule has 0 radical (unpaired) electrons. The number of imidazole rings is 1. The van der Waals surface area contributed by atoms with Crippen molar-refractivity contribution in [3.05, 3.63) is 36.2 Å². The van der Waals surface area contributed by atoms with Gasteiger partial charge in [-0.2, -0.15) is 5.10 Å². The molecule has 0 spiro atoms. The highest BCUT2D eigenvalue weighted by atomic mass is 16.5. The minimum absolute atomic E-state index is 0.00492. The lowest BCUT2D eigenvalue weighted by Crippen LogP contribution is -2.52. The first-order valence-corrected chi connectivity index (χ1v) is 7.78. The molecule has 8 heteroatoms. The van der Waals surface area contributed by atoms with Gasteiger partial charge in [-0.1, -0.05) is 0 Å². The van der Waals surface area contributed by atoms with Gasteiger partial charge in [-0.05, 0) is 13.0 Å². The lowest BCUT2D eigenvalue weighted by molar-refractivity contribution is -0.157. The van der Waals surface area contributed by atoms with Crippen LogP contribution in [0.1, 0.15) is 24.5 Å². The van der Waals surface area contributed by atoms with Crippen molar-refractivity contribution in [2.45, 2.75) is 25.6 Å². The Morgan fingerprint density at radius 1 is 1.48 bits per heavy atom. The molecule has 0 unspecified atom stereocenters. The number of ether oxygens (including phenoxy) is 1. The number of rotatable bonds is 6. The number of hydrogen-bond donors (Lipinski definition) is 2. The van der Waals surface area contributed by atoms with Crippen molar-refractivity contribution < 1.29 is 9.53 Å². The summed E-state index contributed by atoms with van der Waals surface area (Å²) in [4.78, 5) is 18.4. The molecule has 2 aromatic heterocycles. The molecule has 3 rings (SSSR count). The Morgan fingerprint density at radius 2 is 2.35 bits per heavy atom. The van der Waals surface area contributed by atoms with Crippen molar-refractivity contribution >= 4 is 5.91 Å². The Hall–Kier alpha value is -2.19. The average molecular weight is 318 g/mol. The Morgan fingerprint density at radius 3 is 3.00 bits per heavy atom. The summed E-state index contributed by atoms with van der Waals surface area (Å²) in [6.45, 7) is 4.03. The van der Waals surface area contributed by atoms with Crippen LogP contribution in [0, 0.1) is 0 Å². The zero-order valence-corrected chi connectivity index (χ0v) is 13.4. The van der Waals surface area contributed by atoms with Crippen LogP contribution in [0.25, 0.3) is 0 Å². The van der Waals surface area contributed by atoms with Crippen LogP contribution in [0.3, 0.4) is 0 Å². The smallest absolute Gasteiger partial charge is 0.249 e. The fraction of sp³-hybridized carbons (Fsp3) is 0.533. The van der Waals surface area contributed by atoms with Crippen LogP contribution in [0.15, 0.2) is 24.7 Å². The van der Waals surface area contributed by atoms with E-state index in [-0.39, 0.29) is 24.7 Å². The highest BCUT2D eigenvalue weighted by Gasteiger charge is 2.38. The average Bonchev–Trinajstić information content (AvgIpc) is 3.20. The maximum Gasteiger partial charge on any atom is 0.249 e. The number of amides is 1. The van der Waals surface area contributed by atoms with Crippen LogP contribution in [0.2, 0.25) is 0 Å². The maximum absolute atomic E-state index is 12.2. The molecule has 3 heterocycles. The first-order chi connectivity index (χ1) is 11.2. The second-order valence-corrected chi connectivity index (χ2v) is 5.58. The normalized spacial score (nSPS) is 21.8. The van der Waals surface area contributed by atoms with Gasteiger partial charge in [0.2, 0.25) is 5.91 Å². The second kappa shape index (κ2) is 6.93. The van der Waals surface area contributed by atoms with E-state index < -0.39 is 0 Å². The predicted molar refractivity (Wildman–Crippen MR) is 83.4 cm³/mol. The van der Waals surface area contributed by atoms with Crippen molar-refractivity contribution in [1.82, 2.24) is 30.0 Å². The van der Waals surface area contributed by atoms with Crippen molar-refractivity contribution in [3.8, 4) is 0 Å². The van der Waals surface area contributed by atoms with Gasteiger partial charge in [0.05, 0.1) is 6.10 Å². The molecule has 1 amide bonds. The molecule has 2 atom stereocenters. The van der Waals surface area contributed by atoms with E-state index in [2.05, 4.69) is 20.5 Å². The van der Waals surface area contributed by atoms with Crippen LogP contribution >= 0.6 is 0 Å². The molecular formula is C15H22N6O2. The number of H-pyrrole nitrogens is 1. The third-order valence-electron chi connectivity index (χ3n) is 4.11. The number of morpholine rings is 1. The SMILES string of the molecule is CCN1C(=O)CO[C@@H](CNCc2ccn[nH]2)[C@@H]1c1nccn1C. The number of carbonyl (C=O) groups is 1. The van der Waals surface area contributed by atoms with Crippen LogP contribution in [0.5, 0.6) is 0 Å². The number of hydrogen-bond acceptors (Lipinski definition) is 5. The number of carbonyl (C=O) groups excluding carboxylic acids is 1. The summed E-state index contributed by atoms with van der Waals surface area (Å²) in [6.07, 6.45) is 5.22. The summed E-state index contributed by atoms with van der Waals surface area (Å²) >= 11 is 0. The van der Waals surface area contributed by atoms with E-state index in [1.54, 1.807) is 12.4 Å². The van der Waals surface area contributed by atoms with Gasteiger partial charge in [0.15, 0.2) is 0 Å². The van der Waals surface area contributed by atoms with E-state index in [1.165, 1.54) is 0 Å². The first-order valence-electron chi connectivity index (χ1n) is 7.78. The van der Waals surface area contributed by atoms with E-state index in [0.29, 0.717) is 19.6 Å². The molecular weight excluding hydrogens is 296 g/mol. The fourth-order valence-corrected chi connectivity index (χ4v) is 2.95. The quantitative estimate of drug-likeness (QED) is 0.795. The van der Waals surface area contributed by atoms with Crippen LogP contribution in [-0.4, -0.2) is 56.4 Å². The Labute approximate surface area is 134 Å². The van der Waals surface area contributed by atoms with Crippen LogP contribution < -0.4 is 5.32 Å². The number of aryl methyl sites for hydroxylation is 1. The van der Waals surface area contributed by atoms with E-state index in [1.807, 2.05) is 35.7 Å². The first kappa shape index (κ1) is 15.7. The molecule has 1 fully saturated rings. The molecule has 0 aromatic carbocycles. The lowest BCUT2D eigenvalue weighted by atomic mass is 10.1. The molecule has 0 saturated carbocycles. The molecule has 8 nitrogen and oxygen atoms in total. The van der Waals surface area contributed by atoms with Gasteiger partial charge >= 0.3 is 0 Å². The van der Waals surface area contributed by atoms with E-state index in [0.717, 1.165) is 11.5 Å². The van der Waals surface area contributed by atoms with Crippen molar-refractivity contribution in [1.29, 1.82) is 0 Å². The molecule has 2 N–H and O–H groups in total. The van der Waals surface area contributed by atoms with Gasteiger partial charge in [-0.25, -0.2) is 4.98 Å². The summed E-state index contributed by atoms with van der Waals surface area (Å²) in [5.74, 6) is 0.846. The molecule has 1 saturated heterocycles. The number of aromatic amines is 1. The maximum atomic E-state index is 12.2. The monoisotopic (exact) mass is 318 g/mol. The molecule has 0 aliphatic carbocycles. The number of nitrogens with one attached hydrogen (secondary N) is 2. The Balaban J connectivity index is 1.73. The zero-order valence-electron chi connectivity index (χ0n) is 13.4. The Kier molecular flexibility index (Phi) is 4.73. The lowest BCUT2D eigenvalue weighted by Gasteiger charge is -2.40. The van der Waals surface area contributed by atoms with Gasteiger partial charge in [-0.3, -0.25) is 9.89 Å². The predicted octanol–water partition coefficient (Wildman–Crippen LogP) is 0.221. The second-order valence-electron chi connectivity index (χ2n) is 5.58. The van der Waals surface area contributed by atoms with Crippen molar-refractivity contribution in [2.24, 2.45) is 7.05 Å². The van der Waals surface area contributed by atoms with E-state index >= 15 is 0 Å². The summed E-state index contributed by atoms with van der Waals surface area (Å²) in [6, 6.07) is 1.74.